The molecule has 2 rings (SSSR count). The average molecular weight is 345 g/mol. The van der Waals surface area contributed by atoms with E-state index in [4.69, 9.17) is 5.73 Å². The van der Waals surface area contributed by atoms with Gasteiger partial charge in [0.05, 0.1) is 12.3 Å². The highest BCUT2D eigenvalue weighted by Crippen LogP contribution is 2.22. The summed E-state index contributed by atoms with van der Waals surface area (Å²) in [5.41, 5.74) is 6.70. The van der Waals surface area contributed by atoms with Crippen molar-refractivity contribution in [3.05, 3.63) is 35.9 Å². The fraction of sp³-hybridized carbons (Fsp3) is 0.600. The Balaban J connectivity index is 1.93. The minimum atomic E-state index is -0.105. The number of nitrogens with two attached hydrogens (primary N) is 1. The summed E-state index contributed by atoms with van der Waals surface area (Å²) in [5.74, 6) is 0.124. The van der Waals surface area contributed by atoms with Crippen LogP contribution in [0.4, 0.5) is 0 Å². The first-order valence-electron chi connectivity index (χ1n) is 9.09. The van der Waals surface area contributed by atoms with Crippen molar-refractivity contribution in [1.82, 2.24) is 9.80 Å². The summed E-state index contributed by atoms with van der Waals surface area (Å²) in [7, 11) is 1.84. The Morgan fingerprint density at radius 2 is 1.96 bits per heavy atom. The maximum Gasteiger partial charge on any atom is 0.227 e. The van der Waals surface area contributed by atoms with E-state index in [9.17, 15) is 9.59 Å². The van der Waals surface area contributed by atoms with Gasteiger partial charge in [0.2, 0.25) is 11.8 Å². The standard InChI is InChI=1S/C20H31N3O2/c1-20(2,14-21)15-22(3)19(25)17-10-7-11-23(13-17)18(24)12-16-8-5-4-6-9-16/h4-6,8-9,17H,7,10-15,21H2,1-3H3. The molecule has 0 saturated carbocycles. The summed E-state index contributed by atoms with van der Waals surface area (Å²) in [5, 5.41) is 0. The summed E-state index contributed by atoms with van der Waals surface area (Å²) in [6.07, 6.45) is 2.13. The van der Waals surface area contributed by atoms with Crippen LogP contribution in [0.2, 0.25) is 0 Å². The van der Waals surface area contributed by atoms with Crippen molar-refractivity contribution in [3.63, 3.8) is 0 Å². The van der Waals surface area contributed by atoms with Crippen molar-refractivity contribution < 1.29 is 9.59 Å². The van der Waals surface area contributed by atoms with Gasteiger partial charge in [0, 0.05) is 26.7 Å². The highest BCUT2D eigenvalue weighted by Gasteiger charge is 2.31. The Kier molecular flexibility index (Phi) is 6.59. The van der Waals surface area contributed by atoms with Crippen LogP contribution in [0.25, 0.3) is 0 Å². The molecule has 1 aliphatic rings. The number of benzene rings is 1. The maximum atomic E-state index is 12.8. The molecule has 5 nitrogen and oxygen atoms in total. The Bertz CT molecular complexity index is 586. The molecule has 1 aromatic rings. The molecule has 0 aromatic heterocycles. The van der Waals surface area contributed by atoms with E-state index in [-0.39, 0.29) is 23.1 Å². The van der Waals surface area contributed by atoms with Crippen LogP contribution >= 0.6 is 0 Å². The third-order valence-electron chi connectivity index (χ3n) is 4.92. The largest absolute Gasteiger partial charge is 0.345 e. The van der Waals surface area contributed by atoms with Crippen LogP contribution in [0.15, 0.2) is 30.3 Å². The predicted octanol–water partition coefficient (Wildman–Crippen LogP) is 1.91. The number of rotatable bonds is 6. The normalized spacial score (nSPS) is 18.1. The SMILES string of the molecule is CN(CC(C)(C)CN)C(=O)C1CCCN(C(=O)Cc2ccccc2)C1. The van der Waals surface area contributed by atoms with Crippen molar-refractivity contribution in [2.75, 3.05) is 33.2 Å². The molecule has 2 amide bonds. The molecule has 1 saturated heterocycles. The smallest absolute Gasteiger partial charge is 0.227 e. The zero-order chi connectivity index (χ0) is 18.4. The lowest BCUT2D eigenvalue weighted by molar-refractivity contribution is -0.140. The van der Waals surface area contributed by atoms with Crippen LogP contribution in [0.3, 0.4) is 0 Å². The van der Waals surface area contributed by atoms with E-state index >= 15 is 0 Å². The quantitative estimate of drug-likeness (QED) is 0.856. The van der Waals surface area contributed by atoms with Gasteiger partial charge in [-0.25, -0.2) is 0 Å². The second-order valence-electron chi connectivity index (χ2n) is 7.90. The molecule has 138 valence electrons. The van der Waals surface area contributed by atoms with Gasteiger partial charge >= 0.3 is 0 Å². The molecular weight excluding hydrogens is 314 g/mol. The molecule has 25 heavy (non-hydrogen) atoms. The van der Waals surface area contributed by atoms with Crippen LogP contribution in [-0.4, -0.2) is 54.8 Å². The van der Waals surface area contributed by atoms with Gasteiger partial charge in [-0.3, -0.25) is 9.59 Å². The number of carbonyl (C=O) groups excluding carboxylic acids is 2. The molecule has 1 aliphatic heterocycles. The Morgan fingerprint density at radius 3 is 2.60 bits per heavy atom. The third kappa shape index (κ3) is 5.56. The highest BCUT2D eigenvalue weighted by atomic mass is 16.2. The Labute approximate surface area is 151 Å². The zero-order valence-electron chi connectivity index (χ0n) is 15.7. The molecule has 5 heteroatoms. The van der Waals surface area contributed by atoms with E-state index in [0.29, 0.717) is 26.1 Å². The van der Waals surface area contributed by atoms with Crippen LogP contribution in [0, 0.1) is 11.3 Å². The maximum absolute atomic E-state index is 12.8. The van der Waals surface area contributed by atoms with Gasteiger partial charge in [-0.05, 0) is 30.4 Å². The number of carbonyl (C=O) groups is 2. The van der Waals surface area contributed by atoms with Crippen LogP contribution in [0.1, 0.15) is 32.3 Å². The molecule has 1 aromatic carbocycles. The van der Waals surface area contributed by atoms with Gasteiger partial charge in [-0.1, -0.05) is 44.2 Å². The molecule has 2 N–H and O–H groups in total. The average Bonchev–Trinajstić information content (AvgIpc) is 2.61. The number of piperidine rings is 1. The van der Waals surface area contributed by atoms with Crippen LogP contribution in [-0.2, 0) is 16.0 Å². The Morgan fingerprint density at radius 1 is 1.28 bits per heavy atom. The van der Waals surface area contributed by atoms with Gasteiger partial charge in [0.1, 0.15) is 0 Å². The van der Waals surface area contributed by atoms with Crippen LogP contribution in [0.5, 0.6) is 0 Å². The topological polar surface area (TPSA) is 66.6 Å². The van der Waals surface area contributed by atoms with Gasteiger partial charge in [0.15, 0.2) is 0 Å². The van der Waals surface area contributed by atoms with Crippen molar-refractivity contribution in [2.45, 2.75) is 33.1 Å². The van der Waals surface area contributed by atoms with Crippen LogP contribution < -0.4 is 5.73 Å². The minimum absolute atomic E-state index is 0.0953. The fourth-order valence-corrected chi connectivity index (χ4v) is 3.38. The molecule has 1 atom stereocenters. The fourth-order valence-electron chi connectivity index (χ4n) is 3.38. The number of hydrogen-bond donors (Lipinski definition) is 1. The molecule has 0 bridgehead atoms. The molecule has 0 radical (unpaired) electrons. The summed E-state index contributed by atoms with van der Waals surface area (Å²) in [6.45, 7) is 6.57. The predicted molar refractivity (Wildman–Crippen MR) is 99.9 cm³/mol. The monoisotopic (exact) mass is 345 g/mol. The Hall–Kier alpha value is -1.88. The molecule has 0 spiro atoms. The number of hydrogen-bond acceptors (Lipinski definition) is 3. The minimum Gasteiger partial charge on any atom is -0.345 e. The van der Waals surface area contributed by atoms with Gasteiger partial charge in [-0.15, -0.1) is 0 Å². The van der Waals surface area contributed by atoms with Crippen molar-refractivity contribution >= 4 is 11.8 Å². The molecule has 1 fully saturated rings. The summed E-state index contributed by atoms with van der Waals surface area (Å²) in [4.78, 5) is 29.0. The van der Waals surface area contributed by atoms with E-state index in [1.165, 1.54) is 0 Å². The number of likely N-dealkylation sites (tertiary alicyclic amines) is 1. The zero-order valence-corrected chi connectivity index (χ0v) is 15.7. The van der Waals surface area contributed by atoms with E-state index < -0.39 is 0 Å². The van der Waals surface area contributed by atoms with E-state index in [0.717, 1.165) is 24.9 Å². The van der Waals surface area contributed by atoms with Gasteiger partial charge in [0.25, 0.3) is 0 Å². The number of nitrogens with zero attached hydrogens (tertiary/aromatic N) is 2. The summed E-state index contributed by atoms with van der Waals surface area (Å²) < 4.78 is 0. The van der Waals surface area contributed by atoms with E-state index in [2.05, 4.69) is 13.8 Å². The summed E-state index contributed by atoms with van der Waals surface area (Å²) >= 11 is 0. The van der Waals surface area contributed by atoms with Gasteiger partial charge in [-0.2, -0.15) is 0 Å². The second-order valence-corrected chi connectivity index (χ2v) is 7.90. The lowest BCUT2D eigenvalue weighted by Gasteiger charge is -2.36. The third-order valence-corrected chi connectivity index (χ3v) is 4.92. The van der Waals surface area contributed by atoms with Crippen molar-refractivity contribution in [1.29, 1.82) is 0 Å². The highest BCUT2D eigenvalue weighted by molar-refractivity contribution is 5.82. The first-order chi connectivity index (χ1) is 11.8. The lowest BCUT2D eigenvalue weighted by atomic mass is 9.91. The molecule has 1 unspecified atom stereocenters. The molecule has 1 heterocycles. The van der Waals surface area contributed by atoms with E-state index in [1.54, 1.807) is 4.90 Å². The van der Waals surface area contributed by atoms with E-state index in [1.807, 2.05) is 42.3 Å². The number of amides is 2. The first-order valence-corrected chi connectivity index (χ1v) is 9.09. The lowest BCUT2D eigenvalue weighted by Crippen LogP contribution is -2.48. The molecular formula is C20H31N3O2. The van der Waals surface area contributed by atoms with Gasteiger partial charge < -0.3 is 15.5 Å². The summed E-state index contributed by atoms with van der Waals surface area (Å²) in [6, 6.07) is 9.77. The second kappa shape index (κ2) is 8.48. The first kappa shape index (κ1) is 19.4. The molecule has 0 aliphatic carbocycles. The van der Waals surface area contributed by atoms with Crippen molar-refractivity contribution in [3.8, 4) is 0 Å². The van der Waals surface area contributed by atoms with Crippen molar-refractivity contribution in [2.24, 2.45) is 17.1 Å².